The molecule has 20 heavy (non-hydrogen) atoms. The summed E-state index contributed by atoms with van der Waals surface area (Å²) in [4.78, 5) is 16.8. The number of imidazole rings is 1. The number of ether oxygens (including phenoxy) is 1. The second kappa shape index (κ2) is 5.75. The number of para-hydroxylation sites is 2. The van der Waals surface area contributed by atoms with Crippen LogP contribution in [0.25, 0.3) is 11.0 Å². The molecule has 0 saturated carbocycles. The van der Waals surface area contributed by atoms with Crippen molar-refractivity contribution < 1.29 is 9.53 Å². The lowest BCUT2D eigenvalue weighted by molar-refractivity contribution is -0.119. The highest BCUT2D eigenvalue weighted by Crippen LogP contribution is 2.20. The topological polar surface area (TPSA) is 44.1 Å². The SMILES string of the molecule is CCn1c(CC(=O)CC2CCOC2)nc2ccccc21. The minimum Gasteiger partial charge on any atom is -0.381 e. The summed E-state index contributed by atoms with van der Waals surface area (Å²) in [5, 5.41) is 0. The van der Waals surface area contributed by atoms with Crippen LogP contribution in [0.1, 0.15) is 25.6 Å². The Balaban J connectivity index is 1.77. The van der Waals surface area contributed by atoms with Gasteiger partial charge in [0.2, 0.25) is 0 Å². The molecule has 2 aromatic rings. The zero-order valence-electron chi connectivity index (χ0n) is 11.8. The van der Waals surface area contributed by atoms with E-state index in [1.807, 2.05) is 18.2 Å². The summed E-state index contributed by atoms with van der Waals surface area (Å²) in [7, 11) is 0. The van der Waals surface area contributed by atoms with Crippen molar-refractivity contribution in [2.24, 2.45) is 5.92 Å². The van der Waals surface area contributed by atoms with Crippen molar-refractivity contribution in [3.63, 3.8) is 0 Å². The average Bonchev–Trinajstić information content (AvgIpc) is 3.05. The Kier molecular flexibility index (Phi) is 3.83. The van der Waals surface area contributed by atoms with E-state index in [9.17, 15) is 4.79 Å². The van der Waals surface area contributed by atoms with E-state index >= 15 is 0 Å². The summed E-state index contributed by atoms with van der Waals surface area (Å²) in [5.41, 5.74) is 2.09. The molecule has 1 aliphatic heterocycles. The van der Waals surface area contributed by atoms with E-state index in [1.54, 1.807) is 0 Å². The number of benzene rings is 1. The normalized spacial score (nSPS) is 18.8. The van der Waals surface area contributed by atoms with Gasteiger partial charge in [0.15, 0.2) is 0 Å². The molecule has 3 rings (SSSR count). The molecule has 106 valence electrons. The molecule has 2 heterocycles. The van der Waals surface area contributed by atoms with Crippen molar-refractivity contribution >= 4 is 16.8 Å². The lowest BCUT2D eigenvalue weighted by atomic mass is 10.0. The predicted molar refractivity (Wildman–Crippen MR) is 77.7 cm³/mol. The van der Waals surface area contributed by atoms with Crippen LogP contribution in [0.15, 0.2) is 24.3 Å². The van der Waals surface area contributed by atoms with E-state index in [-0.39, 0.29) is 5.78 Å². The summed E-state index contributed by atoms with van der Waals surface area (Å²) >= 11 is 0. The molecule has 4 nitrogen and oxygen atoms in total. The number of hydrogen-bond acceptors (Lipinski definition) is 3. The van der Waals surface area contributed by atoms with Crippen LogP contribution in [0.4, 0.5) is 0 Å². The summed E-state index contributed by atoms with van der Waals surface area (Å²) < 4.78 is 7.47. The van der Waals surface area contributed by atoms with Crippen molar-refractivity contribution in [3.05, 3.63) is 30.1 Å². The van der Waals surface area contributed by atoms with Crippen LogP contribution in [0, 0.1) is 5.92 Å². The van der Waals surface area contributed by atoms with Crippen LogP contribution in [0.5, 0.6) is 0 Å². The first kappa shape index (κ1) is 13.3. The molecular weight excluding hydrogens is 252 g/mol. The largest absolute Gasteiger partial charge is 0.381 e. The number of Topliss-reactive ketones (excluding diaryl/α,β-unsaturated/α-hetero) is 1. The number of hydrogen-bond donors (Lipinski definition) is 0. The van der Waals surface area contributed by atoms with Gasteiger partial charge < -0.3 is 9.30 Å². The van der Waals surface area contributed by atoms with Crippen LogP contribution in [-0.4, -0.2) is 28.5 Å². The van der Waals surface area contributed by atoms with Crippen LogP contribution < -0.4 is 0 Å². The number of carbonyl (C=O) groups excluding carboxylic acids is 1. The predicted octanol–water partition coefficient (Wildman–Crippen LogP) is 2.59. The van der Waals surface area contributed by atoms with Gasteiger partial charge in [-0.15, -0.1) is 0 Å². The molecule has 1 saturated heterocycles. The van der Waals surface area contributed by atoms with Crippen LogP contribution in [0.3, 0.4) is 0 Å². The molecule has 1 aromatic heterocycles. The Morgan fingerprint density at radius 2 is 2.30 bits per heavy atom. The molecule has 0 aliphatic carbocycles. The van der Waals surface area contributed by atoms with Crippen molar-refractivity contribution in [3.8, 4) is 0 Å². The van der Waals surface area contributed by atoms with Gasteiger partial charge in [-0.2, -0.15) is 0 Å². The minimum absolute atomic E-state index is 0.269. The molecule has 0 N–H and O–H groups in total. The van der Waals surface area contributed by atoms with Gasteiger partial charge in [0.25, 0.3) is 0 Å². The first-order valence-corrected chi connectivity index (χ1v) is 7.31. The number of fused-ring (bicyclic) bond motifs is 1. The Morgan fingerprint density at radius 1 is 1.45 bits per heavy atom. The van der Waals surface area contributed by atoms with E-state index in [4.69, 9.17) is 4.74 Å². The Hall–Kier alpha value is -1.68. The van der Waals surface area contributed by atoms with E-state index < -0.39 is 0 Å². The first-order chi connectivity index (χ1) is 9.78. The Labute approximate surface area is 118 Å². The highest BCUT2D eigenvalue weighted by molar-refractivity contribution is 5.82. The van der Waals surface area contributed by atoms with Gasteiger partial charge in [-0.05, 0) is 31.4 Å². The number of ketones is 1. The zero-order valence-corrected chi connectivity index (χ0v) is 11.8. The average molecular weight is 272 g/mol. The summed E-state index contributed by atoms with van der Waals surface area (Å²) in [5.74, 6) is 1.56. The van der Waals surface area contributed by atoms with Gasteiger partial charge in [0.1, 0.15) is 11.6 Å². The summed E-state index contributed by atoms with van der Waals surface area (Å²) in [6.45, 7) is 4.46. The van der Waals surface area contributed by atoms with E-state index in [2.05, 4.69) is 22.5 Å². The maximum absolute atomic E-state index is 12.2. The maximum Gasteiger partial charge on any atom is 0.140 e. The fraction of sp³-hybridized carbons (Fsp3) is 0.500. The van der Waals surface area contributed by atoms with Crippen LogP contribution >= 0.6 is 0 Å². The number of aromatic nitrogens is 2. The molecular formula is C16H20N2O2. The van der Waals surface area contributed by atoms with Crippen molar-refractivity contribution in [2.45, 2.75) is 32.7 Å². The summed E-state index contributed by atoms with van der Waals surface area (Å²) in [6.07, 6.45) is 2.06. The third-order valence-electron chi connectivity index (χ3n) is 3.95. The van der Waals surface area contributed by atoms with E-state index in [1.165, 1.54) is 0 Å². The number of aryl methyl sites for hydroxylation is 1. The second-order valence-corrected chi connectivity index (χ2v) is 5.41. The van der Waals surface area contributed by atoms with Gasteiger partial charge in [0, 0.05) is 26.2 Å². The van der Waals surface area contributed by atoms with Gasteiger partial charge >= 0.3 is 0 Å². The lowest BCUT2D eigenvalue weighted by Gasteiger charge is -2.08. The summed E-state index contributed by atoms with van der Waals surface area (Å²) in [6, 6.07) is 8.05. The maximum atomic E-state index is 12.2. The van der Waals surface area contributed by atoms with Crippen LogP contribution in [-0.2, 0) is 22.5 Å². The van der Waals surface area contributed by atoms with Gasteiger partial charge in [-0.1, -0.05) is 12.1 Å². The highest BCUT2D eigenvalue weighted by atomic mass is 16.5. The van der Waals surface area contributed by atoms with E-state index in [0.29, 0.717) is 18.8 Å². The number of nitrogens with zero attached hydrogens (tertiary/aromatic N) is 2. The van der Waals surface area contributed by atoms with Crippen molar-refractivity contribution in [1.29, 1.82) is 0 Å². The standard InChI is InChI=1S/C16H20N2O2/c1-2-18-15-6-4-3-5-14(15)17-16(18)10-13(19)9-12-7-8-20-11-12/h3-6,12H,2,7-11H2,1H3. The highest BCUT2D eigenvalue weighted by Gasteiger charge is 2.20. The van der Waals surface area contributed by atoms with Gasteiger partial charge in [-0.25, -0.2) is 4.98 Å². The number of carbonyl (C=O) groups is 1. The van der Waals surface area contributed by atoms with Gasteiger partial charge in [-0.3, -0.25) is 4.79 Å². The molecule has 4 heteroatoms. The van der Waals surface area contributed by atoms with E-state index in [0.717, 1.165) is 43.0 Å². The smallest absolute Gasteiger partial charge is 0.140 e. The molecule has 1 atom stereocenters. The second-order valence-electron chi connectivity index (χ2n) is 5.41. The molecule has 1 fully saturated rings. The Morgan fingerprint density at radius 3 is 3.05 bits per heavy atom. The third-order valence-corrected chi connectivity index (χ3v) is 3.95. The fourth-order valence-corrected chi connectivity index (χ4v) is 2.93. The molecule has 1 aliphatic rings. The molecule has 0 spiro atoms. The minimum atomic E-state index is 0.269. The Bertz CT molecular complexity index is 612. The molecule has 1 aromatic carbocycles. The first-order valence-electron chi connectivity index (χ1n) is 7.31. The third kappa shape index (κ3) is 2.61. The number of rotatable bonds is 5. The molecule has 0 amide bonds. The monoisotopic (exact) mass is 272 g/mol. The molecule has 1 unspecified atom stereocenters. The zero-order chi connectivity index (χ0) is 13.9. The molecule has 0 bridgehead atoms. The molecule has 0 radical (unpaired) electrons. The quantitative estimate of drug-likeness (QED) is 0.840. The van der Waals surface area contributed by atoms with Gasteiger partial charge in [0.05, 0.1) is 17.5 Å². The lowest BCUT2D eigenvalue weighted by Crippen LogP contribution is -2.14. The van der Waals surface area contributed by atoms with Crippen molar-refractivity contribution in [1.82, 2.24) is 9.55 Å². The fourth-order valence-electron chi connectivity index (χ4n) is 2.93. The van der Waals surface area contributed by atoms with Crippen LogP contribution in [0.2, 0.25) is 0 Å². The van der Waals surface area contributed by atoms with Crippen molar-refractivity contribution in [2.75, 3.05) is 13.2 Å².